The number of nitriles is 1. The zero-order valence-corrected chi connectivity index (χ0v) is 12.3. The largest absolute Gasteiger partial charge is 0.395 e. The Morgan fingerprint density at radius 1 is 1.38 bits per heavy atom. The molecule has 114 valence electrons. The zero-order valence-electron chi connectivity index (χ0n) is 11.5. The Kier molecular flexibility index (Phi) is 4.93. The van der Waals surface area contributed by atoms with Crippen molar-refractivity contribution in [1.29, 1.82) is 5.26 Å². The van der Waals surface area contributed by atoms with Crippen LogP contribution in [0.4, 0.5) is 4.39 Å². The molecule has 1 fully saturated rings. The molecule has 1 aliphatic heterocycles. The highest BCUT2D eigenvalue weighted by Gasteiger charge is 2.32. The minimum Gasteiger partial charge on any atom is -0.395 e. The third-order valence-electron chi connectivity index (χ3n) is 3.70. The lowest BCUT2D eigenvalue weighted by Gasteiger charge is -2.27. The van der Waals surface area contributed by atoms with E-state index in [1.165, 1.54) is 4.31 Å². The summed E-state index contributed by atoms with van der Waals surface area (Å²) in [6, 6.07) is 4.36. The maximum absolute atomic E-state index is 13.3. The predicted molar refractivity (Wildman–Crippen MR) is 74.3 cm³/mol. The maximum Gasteiger partial charge on any atom is 0.243 e. The Hall–Kier alpha value is -1.49. The van der Waals surface area contributed by atoms with Gasteiger partial charge in [-0.2, -0.15) is 9.57 Å². The van der Waals surface area contributed by atoms with Crippen molar-refractivity contribution in [1.82, 2.24) is 4.31 Å². The van der Waals surface area contributed by atoms with E-state index in [1.807, 2.05) is 0 Å². The van der Waals surface area contributed by atoms with Crippen LogP contribution in [0.5, 0.6) is 0 Å². The van der Waals surface area contributed by atoms with Gasteiger partial charge in [-0.25, -0.2) is 12.8 Å². The molecule has 1 atom stereocenters. The number of sulfonamides is 1. The van der Waals surface area contributed by atoms with Crippen molar-refractivity contribution in [3.8, 4) is 6.07 Å². The van der Waals surface area contributed by atoms with E-state index in [0.717, 1.165) is 37.5 Å². The molecule has 2 rings (SSSR count). The second-order valence-corrected chi connectivity index (χ2v) is 6.95. The highest BCUT2D eigenvalue weighted by Crippen LogP contribution is 2.25. The number of hydrogen-bond acceptors (Lipinski definition) is 4. The molecule has 0 radical (unpaired) electrons. The van der Waals surface area contributed by atoms with Crippen LogP contribution in [0.15, 0.2) is 23.1 Å². The summed E-state index contributed by atoms with van der Waals surface area (Å²) in [6.45, 7) is 0.0817. The summed E-state index contributed by atoms with van der Waals surface area (Å²) in [4.78, 5) is -0.110. The van der Waals surface area contributed by atoms with Crippen molar-refractivity contribution in [3.63, 3.8) is 0 Å². The minimum absolute atomic E-state index is 0.110. The van der Waals surface area contributed by atoms with Gasteiger partial charge in [0.05, 0.1) is 17.1 Å². The molecule has 21 heavy (non-hydrogen) atoms. The molecule has 1 heterocycles. The van der Waals surface area contributed by atoms with Crippen LogP contribution in [0, 0.1) is 17.1 Å². The van der Waals surface area contributed by atoms with Crippen molar-refractivity contribution in [2.24, 2.45) is 0 Å². The molecule has 1 N–H and O–H groups in total. The van der Waals surface area contributed by atoms with Gasteiger partial charge in [-0.1, -0.05) is 12.8 Å². The lowest BCUT2D eigenvalue weighted by Crippen LogP contribution is -2.42. The summed E-state index contributed by atoms with van der Waals surface area (Å²) >= 11 is 0. The van der Waals surface area contributed by atoms with E-state index in [0.29, 0.717) is 13.0 Å². The standard InChI is InChI=1S/C14H17FN2O3S/c15-14-6-5-13(8-11(14)9-16)21(19,20)17-7-3-1-2-4-12(17)10-18/h5-6,8,12,18H,1-4,7,10H2. The Bertz CT molecular complexity index is 655. The number of aliphatic hydroxyl groups is 1. The average Bonchev–Trinajstić information content (AvgIpc) is 2.73. The monoisotopic (exact) mass is 312 g/mol. The molecule has 0 saturated carbocycles. The molecule has 5 nitrogen and oxygen atoms in total. The molecule has 1 unspecified atom stereocenters. The molecule has 0 spiro atoms. The Balaban J connectivity index is 2.42. The quantitative estimate of drug-likeness (QED) is 0.919. The fraction of sp³-hybridized carbons (Fsp3) is 0.500. The Labute approximate surface area is 123 Å². The van der Waals surface area contributed by atoms with Crippen LogP contribution < -0.4 is 0 Å². The SMILES string of the molecule is N#Cc1cc(S(=O)(=O)N2CCCCCC2CO)ccc1F. The first-order chi connectivity index (χ1) is 10.0. The number of nitrogens with zero attached hydrogens (tertiary/aromatic N) is 2. The van der Waals surface area contributed by atoms with Crippen LogP contribution in [-0.2, 0) is 10.0 Å². The number of aliphatic hydroxyl groups excluding tert-OH is 1. The molecule has 7 heteroatoms. The van der Waals surface area contributed by atoms with E-state index < -0.39 is 21.9 Å². The molecule has 0 aromatic heterocycles. The van der Waals surface area contributed by atoms with Gasteiger partial charge in [-0.15, -0.1) is 0 Å². The number of rotatable bonds is 3. The van der Waals surface area contributed by atoms with Crippen LogP contribution in [0.1, 0.15) is 31.2 Å². The molecular formula is C14H17FN2O3S. The van der Waals surface area contributed by atoms with Gasteiger partial charge in [0.2, 0.25) is 10.0 Å². The van der Waals surface area contributed by atoms with Gasteiger partial charge in [0.1, 0.15) is 11.9 Å². The third-order valence-corrected chi connectivity index (χ3v) is 5.65. The Morgan fingerprint density at radius 2 is 2.14 bits per heavy atom. The smallest absolute Gasteiger partial charge is 0.243 e. The van der Waals surface area contributed by atoms with Gasteiger partial charge >= 0.3 is 0 Å². The molecule has 0 amide bonds. The van der Waals surface area contributed by atoms with Gasteiger partial charge in [0, 0.05) is 12.6 Å². The van der Waals surface area contributed by atoms with Gasteiger partial charge in [0.15, 0.2) is 0 Å². The van der Waals surface area contributed by atoms with E-state index in [9.17, 15) is 17.9 Å². The van der Waals surface area contributed by atoms with Crippen molar-refractivity contribution < 1.29 is 17.9 Å². The second-order valence-electron chi connectivity index (χ2n) is 5.05. The third kappa shape index (κ3) is 3.23. The second kappa shape index (κ2) is 6.52. The molecule has 1 aromatic rings. The number of halogens is 1. The van der Waals surface area contributed by atoms with Crippen LogP contribution >= 0.6 is 0 Å². The fourth-order valence-corrected chi connectivity index (χ4v) is 4.25. The summed E-state index contributed by atoms with van der Waals surface area (Å²) in [7, 11) is -3.84. The highest BCUT2D eigenvalue weighted by molar-refractivity contribution is 7.89. The van der Waals surface area contributed by atoms with Crippen LogP contribution in [0.3, 0.4) is 0 Å². The summed E-state index contributed by atoms with van der Waals surface area (Å²) in [5.74, 6) is -0.744. The fourth-order valence-electron chi connectivity index (χ4n) is 2.54. The van der Waals surface area contributed by atoms with Crippen LogP contribution in [0.25, 0.3) is 0 Å². The maximum atomic E-state index is 13.3. The lowest BCUT2D eigenvalue weighted by atomic mass is 10.1. The zero-order chi connectivity index (χ0) is 15.5. The topological polar surface area (TPSA) is 81.4 Å². The first kappa shape index (κ1) is 15.9. The molecule has 0 aliphatic carbocycles. The van der Waals surface area contributed by atoms with Crippen LogP contribution in [-0.4, -0.2) is 37.0 Å². The number of hydrogen-bond donors (Lipinski definition) is 1. The molecule has 1 aliphatic rings. The van der Waals surface area contributed by atoms with E-state index in [-0.39, 0.29) is 17.1 Å². The van der Waals surface area contributed by atoms with Crippen molar-refractivity contribution >= 4 is 10.0 Å². The minimum atomic E-state index is -3.84. The summed E-state index contributed by atoms with van der Waals surface area (Å²) in [5.41, 5.74) is -0.300. The predicted octanol–water partition coefficient (Wildman–Crippen LogP) is 1.62. The van der Waals surface area contributed by atoms with E-state index in [4.69, 9.17) is 5.26 Å². The molecule has 1 saturated heterocycles. The van der Waals surface area contributed by atoms with Crippen molar-refractivity contribution in [2.45, 2.75) is 36.6 Å². The first-order valence-electron chi connectivity index (χ1n) is 6.83. The highest BCUT2D eigenvalue weighted by atomic mass is 32.2. The van der Waals surface area contributed by atoms with Gasteiger partial charge in [-0.05, 0) is 31.0 Å². The summed E-state index contributed by atoms with van der Waals surface area (Å²) in [6.07, 6.45) is 3.10. The van der Waals surface area contributed by atoms with E-state index >= 15 is 0 Å². The van der Waals surface area contributed by atoms with E-state index in [1.54, 1.807) is 6.07 Å². The summed E-state index contributed by atoms with van der Waals surface area (Å²) < 4.78 is 40.0. The normalized spacial score (nSPS) is 20.7. The molecule has 1 aromatic carbocycles. The van der Waals surface area contributed by atoms with Crippen molar-refractivity contribution in [2.75, 3.05) is 13.2 Å². The van der Waals surface area contributed by atoms with E-state index in [2.05, 4.69) is 0 Å². The van der Waals surface area contributed by atoms with Gasteiger partial charge < -0.3 is 5.11 Å². The molecular weight excluding hydrogens is 295 g/mol. The average molecular weight is 312 g/mol. The van der Waals surface area contributed by atoms with Crippen LogP contribution in [0.2, 0.25) is 0 Å². The lowest BCUT2D eigenvalue weighted by molar-refractivity contribution is 0.186. The number of benzene rings is 1. The van der Waals surface area contributed by atoms with Gasteiger partial charge in [-0.3, -0.25) is 0 Å². The molecule has 0 bridgehead atoms. The first-order valence-corrected chi connectivity index (χ1v) is 8.27. The Morgan fingerprint density at radius 3 is 2.81 bits per heavy atom. The van der Waals surface area contributed by atoms with Crippen molar-refractivity contribution in [3.05, 3.63) is 29.6 Å². The van der Waals surface area contributed by atoms with Gasteiger partial charge in [0.25, 0.3) is 0 Å². The summed E-state index contributed by atoms with van der Waals surface area (Å²) in [5, 5.41) is 18.2.